The first kappa shape index (κ1) is 13.8. The standard InChI is InChI=1S/C12H13F3N2O2/c1-19-9-4-5-17(7-9)11(18)8-2-3-10(16-6-8)12(13,14)15/h2-3,6,9H,4-5,7H2,1H3. The summed E-state index contributed by atoms with van der Waals surface area (Å²) in [6, 6.07) is 1.97. The third-order valence-corrected chi connectivity index (χ3v) is 3.07. The molecule has 1 aliphatic rings. The predicted octanol–water partition coefficient (Wildman–Crippen LogP) is 1.96. The van der Waals surface area contributed by atoms with E-state index in [1.165, 1.54) is 0 Å². The minimum atomic E-state index is -4.49. The van der Waals surface area contributed by atoms with E-state index in [9.17, 15) is 18.0 Å². The van der Waals surface area contributed by atoms with Gasteiger partial charge in [0.25, 0.3) is 5.91 Å². The van der Waals surface area contributed by atoms with Crippen LogP contribution in [0.2, 0.25) is 0 Å². The number of hydrogen-bond acceptors (Lipinski definition) is 3. The van der Waals surface area contributed by atoms with Gasteiger partial charge in [0.1, 0.15) is 5.69 Å². The van der Waals surface area contributed by atoms with Crippen molar-refractivity contribution in [3.8, 4) is 0 Å². The molecule has 1 saturated heterocycles. The molecule has 1 atom stereocenters. The Labute approximate surface area is 108 Å². The summed E-state index contributed by atoms with van der Waals surface area (Å²) in [4.78, 5) is 16.9. The Bertz CT molecular complexity index is 459. The van der Waals surface area contributed by atoms with E-state index in [0.29, 0.717) is 13.1 Å². The van der Waals surface area contributed by atoms with Gasteiger partial charge in [0.05, 0.1) is 11.7 Å². The van der Waals surface area contributed by atoms with Gasteiger partial charge in [-0.1, -0.05) is 0 Å². The van der Waals surface area contributed by atoms with Gasteiger partial charge in [0, 0.05) is 26.4 Å². The molecule has 2 rings (SSSR count). The highest BCUT2D eigenvalue weighted by Crippen LogP contribution is 2.27. The molecule has 104 valence electrons. The van der Waals surface area contributed by atoms with Crippen LogP contribution in [0, 0.1) is 0 Å². The normalized spacial score (nSPS) is 19.8. The number of amides is 1. The fourth-order valence-electron chi connectivity index (χ4n) is 1.98. The lowest BCUT2D eigenvalue weighted by atomic mass is 10.2. The number of rotatable bonds is 2. The summed E-state index contributed by atoms with van der Waals surface area (Å²) in [5.74, 6) is -0.319. The van der Waals surface area contributed by atoms with E-state index in [1.54, 1.807) is 12.0 Å². The number of alkyl halides is 3. The van der Waals surface area contributed by atoms with Crippen LogP contribution >= 0.6 is 0 Å². The van der Waals surface area contributed by atoms with Crippen LogP contribution < -0.4 is 0 Å². The molecule has 1 unspecified atom stereocenters. The van der Waals surface area contributed by atoms with Crippen molar-refractivity contribution in [3.05, 3.63) is 29.6 Å². The van der Waals surface area contributed by atoms with Crippen LogP contribution in [0.3, 0.4) is 0 Å². The van der Waals surface area contributed by atoms with Crippen LogP contribution in [0.4, 0.5) is 13.2 Å². The molecule has 0 N–H and O–H groups in total. The summed E-state index contributed by atoms with van der Waals surface area (Å²) in [6.07, 6.45) is -2.80. The number of ether oxygens (including phenoxy) is 1. The minimum Gasteiger partial charge on any atom is -0.380 e. The number of aromatic nitrogens is 1. The fraction of sp³-hybridized carbons (Fsp3) is 0.500. The Morgan fingerprint density at radius 2 is 2.21 bits per heavy atom. The number of carbonyl (C=O) groups is 1. The maximum Gasteiger partial charge on any atom is 0.433 e. The van der Waals surface area contributed by atoms with Crippen LogP contribution in [0.15, 0.2) is 18.3 Å². The van der Waals surface area contributed by atoms with Gasteiger partial charge in [0.2, 0.25) is 0 Å². The van der Waals surface area contributed by atoms with E-state index in [2.05, 4.69) is 4.98 Å². The van der Waals surface area contributed by atoms with Gasteiger partial charge in [0.15, 0.2) is 0 Å². The van der Waals surface area contributed by atoms with Crippen LogP contribution in [0.5, 0.6) is 0 Å². The van der Waals surface area contributed by atoms with E-state index in [1.807, 2.05) is 0 Å². The van der Waals surface area contributed by atoms with E-state index in [0.717, 1.165) is 24.8 Å². The maximum absolute atomic E-state index is 12.3. The summed E-state index contributed by atoms with van der Waals surface area (Å²) in [5.41, 5.74) is -0.843. The summed E-state index contributed by atoms with van der Waals surface area (Å²) < 4.78 is 42.2. The molecule has 0 aliphatic carbocycles. The highest BCUT2D eigenvalue weighted by atomic mass is 19.4. The van der Waals surface area contributed by atoms with Gasteiger partial charge in [-0.3, -0.25) is 9.78 Å². The van der Waals surface area contributed by atoms with Crippen molar-refractivity contribution >= 4 is 5.91 Å². The zero-order valence-electron chi connectivity index (χ0n) is 10.3. The molecule has 0 bridgehead atoms. The lowest BCUT2D eigenvalue weighted by Gasteiger charge is -2.16. The molecule has 0 radical (unpaired) electrons. The van der Waals surface area contributed by atoms with E-state index < -0.39 is 11.9 Å². The molecule has 1 aliphatic heterocycles. The highest BCUT2D eigenvalue weighted by molar-refractivity contribution is 5.94. The zero-order chi connectivity index (χ0) is 14.0. The molecule has 1 amide bonds. The molecule has 2 heterocycles. The quantitative estimate of drug-likeness (QED) is 0.828. The second-order valence-corrected chi connectivity index (χ2v) is 4.33. The molecule has 4 nitrogen and oxygen atoms in total. The summed E-state index contributed by atoms with van der Waals surface area (Å²) in [7, 11) is 1.57. The van der Waals surface area contributed by atoms with Crippen LogP contribution in [0.25, 0.3) is 0 Å². The number of pyridine rings is 1. The van der Waals surface area contributed by atoms with E-state index in [-0.39, 0.29) is 17.6 Å². The Hall–Kier alpha value is -1.63. The van der Waals surface area contributed by atoms with Crippen molar-refractivity contribution in [2.45, 2.75) is 18.7 Å². The summed E-state index contributed by atoms with van der Waals surface area (Å²) in [5, 5.41) is 0. The first-order valence-corrected chi connectivity index (χ1v) is 5.77. The number of hydrogen-bond donors (Lipinski definition) is 0. The Morgan fingerprint density at radius 3 is 2.68 bits per heavy atom. The number of likely N-dealkylation sites (tertiary alicyclic amines) is 1. The molecule has 0 saturated carbocycles. The SMILES string of the molecule is COC1CCN(C(=O)c2ccc(C(F)(F)F)nc2)C1. The second kappa shape index (κ2) is 5.16. The smallest absolute Gasteiger partial charge is 0.380 e. The molecular formula is C12H13F3N2O2. The van der Waals surface area contributed by atoms with Gasteiger partial charge >= 0.3 is 6.18 Å². The van der Waals surface area contributed by atoms with Gasteiger partial charge < -0.3 is 9.64 Å². The van der Waals surface area contributed by atoms with Gasteiger partial charge in [-0.25, -0.2) is 0 Å². The van der Waals surface area contributed by atoms with Crippen molar-refractivity contribution in [3.63, 3.8) is 0 Å². The topological polar surface area (TPSA) is 42.4 Å². The lowest BCUT2D eigenvalue weighted by Crippen LogP contribution is -2.30. The van der Waals surface area contributed by atoms with Crippen molar-refractivity contribution in [2.75, 3.05) is 20.2 Å². The highest BCUT2D eigenvalue weighted by Gasteiger charge is 2.33. The maximum atomic E-state index is 12.3. The third-order valence-electron chi connectivity index (χ3n) is 3.07. The Morgan fingerprint density at radius 1 is 1.47 bits per heavy atom. The van der Waals surface area contributed by atoms with Crippen molar-refractivity contribution in [2.24, 2.45) is 0 Å². The molecular weight excluding hydrogens is 261 g/mol. The number of carbonyl (C=O) groups excluding carboxylic acids is 1. The van der Waals surface area contributed by atoms with E-state index >= 15 is 0 Å². The summed E-state index contributed by atoms with van der Waals surface area (Å²) in [6.45, 7) is 0.995. The van der Waals surface area contributed by atoms with Crippen molar-refractivity contribution in [1.82, 2.24) is 9.88 Å². The fourth-order valence-corrected chi connectivity index (χ4v) is 1.98. The van der Waals surface area contributed by atoms with Crippen LogP contribution in [0.1, 0.15) is 22.5 Å². The predicted molar refractivity (Wildman–Crippen MR) is 60.6 cm³/mol. The second-order valence-electron chi connectivity index (χ2n) is 4.33. The number of halogens is 3. The van der Waals surface area contributed by atoms with Crippen LogP contribution in [-0.2, 0) is 10.9 Å². The average molecular weight is 274 g/mol. The molecule has 7 heteroatoms. The van der Waals surface area contributed by atoms with Crippen LogP contribution in [-0.4, -0.2) is 42.1 Å². The molecule has 19 heavy (non-hydrogen) atoms. The minimum absolute atomic E-state index is 0.00800. The largest absolute Gasteiger partial charge is 0.433 e. The van der Waals surface area contributed by atoms with Gasteiger partial charge in [-0.15, -0.1) is 0 Å². The monoisotopic (exact) mass is 274 g/mol. The van der Waals surface area contributed by atoms with Crippen molar-refractivity contribution in [1.29, 1.82) is 0 Å². The molecule has 0 spiro atoms. The lowest BCUT2D eigenvalue weighted by molar-refractivity contribution is -0.141. The number of nitrogens with zero attached hydrogens (tertiary/aromatic N) is 2. The molecule has 0 aromatic carbocycles. The zero-order valence-corrected chi connectivity index (χ0v) is 10.3. The average Bonchev–Trinajstić information content (AvgIpc) is 2.86. The molecule has 1 aromatic heterocycles. The first-order chi connectivity index (χ1) is 8.91. The van der Waals surface area contributed by atoms with Gasteiger partial charge in [-0.05, 0) is 18.6 Å². The number of methoxy groups -OCH3 is 1. The Balaban J connectivity index is 2.08. The van der Waals surface area contributed by atoms with E-state index in [4.69, 9.17) is 4.74 Å². The first-order valence-electron chi connectivity index (χ1n) is 5.77. The molecule has 1 aromatic rings. The van der Waals surface area contributed by atoms with Gasteiger partial charge in [-0.2, -0.15) is 13.2 Å². The molecule has 1 fully saturated rings. The summed E-state index contributed by atoms with van der Waals surface area (Å²) >= 11 is 0. The Kier molecular flexibility index (Phi) is 3.75. The third kappa shape index (κ3) is 3.04. The van der Waals surface area contributed by atoms with Crippen molar-refractivity contribution < 1.29 is 22.7 Å².